The van der Waals surface area contributed by atoms with E-state index in [1.54, 1.807) is 0 Å². The van der Waals surface area contributed by atoms with Gasteiger partial charge in [-0.3, -0.25) is 9.78 Å². The Bertz CT molecular complexity index is 1100. The van der Waals surface area contributed by atoms with Gasteiger partial charge in [0.25, 0.3) is 0 Å². The fourth-order valence-corrected chi connectivity index (χ4v) is 5.51. The second-order valence-corrected chi connectivity index (χ2v) is 9.95. The number of carbonyl (C=O) groups excluding carboxylic acids is 1. The third-order valence-corrected chi connectivity index (χ3v) is 7.30. The molecule has 1 aliphatic heterocycles. The lowest BCUT2D eigenvalue weighted by Crippen LogP contribution is -2.48. The molecule has 2 heterocycles. The van der Waals surface area contributed by atoms with Gasteiger partial charge in [0.05, 0.1) is 17.8 Å². The highest BCUT2D eigenvalue weighted by molar-refractivity contribution is 6.30. The monoisotopic (exact) mass is 464 g/mol. The van der Waals surface area contributed by atoms with E-state index >= 15 is 0 Å². The molecule has 2 aliphatic rings. The van der Waals surface area contributed by atoms with Gasteiger partial charge in [0.15, 0.2) is 0 Å². The molecular formula is C27H26Cl2N2O. The molecule has 2 fully saturated rings. The van der Waals surface area contributed by atoms with Crippen LogP contribution in [0.5, 0.6) is 0 Å². The highest BCUT2D eigenvalue weighted by Gasteiger charge is 2.49. The number of hydrogen-bond acceptors (Lipinski definition) is 2. The molecule has 3 nitrogen and oxygen atoms in total. The fourth-order valence-electron chi connectivity index (χ4n) is 5.19. The third kappa shape index (κ3) is 4.16. The normalized spacial score (nSPS) is 24.4. The van der Waals surface area contributed by atoms with Crippen LogP contribution in [0.3, 0.4) is 0 Å². The summed E-state index contributed by atoms with van der Waals surface area (Å²) in [4.78, 5) is 20.6. The summed E-state index contributed by atoms with van der Waals surface area (Å²) in [6, 6.07) is 21.9. The van der Waals surface area contributed by atoms with Crippen LogP contribution in [0.2, 0.25) is 10.0 Å². The molecule has 5 rings (SSSR count). The van der Waals surface area contributed by atoms with Crippen molar-refractivity contribution in [2.45, 2.75) is 44.2 Å². The highest BCUT2D eigenvalue weighted by atomic mass is 35.5. The van der Waals surface area contributed by atoms with Crippen molar-refractivity contribution in [1.82, 2.24) is 9.88 Å². The average Bonchev–Trinajstić information content (AvgIpc) is 3.63. The Kier molecular flexibility index (Phi) is 5.96. The predicted molar refractivity (Wildman–Crippen MR) is 129 cm³/mol. The lowest BCUT2D eigenvalue weighted by atomic mass is 9.75. The first-order chi connectivity index (χ1) is 15.5. The van der Waals surface area contributed by atoms with Gasteiger partial charge in [-0.2, -0.15) is 0 Å². The van der Waals surface area contributed by atoms with Crippen LogP contribution in [0.1, 0.15) is 61.0 Å². The van der Waals surface area contributed by atoms with Gasteiger partial charge in [0.2, 0.25) is 5.91 Å². The number of hydrogen-bond donors (Lipinski definition) is 0. The van der Waals surface area contributed by atoms with E-state index < -0.39 is 0 Å². The zero-order valence-corrected chi connectivity index (χ0v) is 19.5. The van der Waals surface area contributed by atoms with Crippen molar-refractivity contribution in [2.24, 2.45) is 11.8 Å². The topological polar surface area (TPSA) is 33.2 Å². The van der Waals surface area contributed by atoms with Crippen LogP contribution in [0, 0.1) is 11.8 Å². The molecule has 32 heavy (non-hydrogen) atoms. The van der Waals surface area contributed by atoms with Gasteiger partial charge >= 0.3 is 0 Å². The Labute approximate surface area is 199 Å². The van der Waals surface area contributed by atoms with E-state index in [0.717, 1.165) is 41.1 Å². The van der Waals surface area contributed by atoms with Crippen molar-refractivity contribution >= 4 is 29.1 Å². The SMILES string of the molecule is CC1C[C@H](c2cccc(Cl)c2)C(c2ccc(Cl)cc2)N(C(c2ccccn2)C2CC2)C1=O. The van der Waals surface area contributed by atoms with Crippen LogP contribution < -0.4 is 0 Å². The molecule has 164 valence electrons. The number of pyridine rings is 1. The molecule has 0 radical (unpaired) electrons. The van der Waals surface area contributed by atoms with Crippen molar-refractivity contribution in [2.75, 3.05) is 0 Å². The minimum atomic E-state index is -0.109. The molecule has 3 unspecified atom stereocenters. The summed E-state index contributed by atoms with van der Waals surface area (Å²) in [5.74, 6) is 0.694. The van der Waals surface area contributed by atoms with Crippen molar-refractivity contribution in [3.63, 3.8) is 0 Å². The molecule has 4 atom stereocenters. The summed E-state index contributed by atoms with van der Waals surface area (Å²) in [5.41, 5.74) is 3.24. The molecule has 0 N–H and O–H groups in total. The van der Waals surface area contributed by atoms with Gasteiger partial charge in [-0.15, -0.1) is 0 Å². The number of rotatable bonds is 5. The molecule has 0 bridgehead atoms. The van der Waals surface area contributed by atoms with Gasteiger partial charge in [0, 0.05) is 28.1 Å². The largest absolute Gasteiger partial charge is 0.326 e. The first-order valence-corrected chi connectivity index (χ1v) is 12.0. The third-order valence-electron chi connectivity index (χ3n) is 6.81. The van der Waals surface area contributed by atoms with Crippen molar-refractivity contribution in [3.05, 3.63) is 99.8 Å². The number of amides is 1. The second-order valence-electron chi connectivity index (χ2n) is 9.08. The summed E-state index contributed by atoms with van der Waals surface area (Å²) in [5, 5.41) is 1.41. The van der Waals surface area contributed by atoms with E-state index in [-0.39, 0.29) is 29.8 Å². The minimum Gasteiger partial charge on any atom is -0.326 e. The average molecular weight is 465 g/mol. The minimum absolute atomic E-state index is 0.0335. The fraction of sp³-hybridized carbons (Fsp3) is 0.333. The number of nitrogens with zero attached hydrogens (tertiary/aromatic N) is 2. The van der Waals surface area contributed by atoms with E-state index in [1.807, 2.05) is 55.6 Å². The molecular weight excluding hydrogens is 439 g/mol. The van der Waals surface area contributed by atoms with Crippen molar-refractivity contribution in [3.8, 4) is 0 Å². The predicted octanol–water partition coefficient (Wildman–Crippen LogP) is 7.23. The van der Waals surface area contributed by atoms with E-state index in [2.05, 4.69) is 29.2 Å². The highest BCUT2D eigenvalue weighted by Crippen LogP contribution is 2.53. The molecule has 5 heteroatoms. The lowest BCUT2D eigenvalue weighted by Gasteiger charge is -2.48. The van der Waals surface area contributed by atoms with Crippen LogP contribution in [0.25, 0.3) is 0 Å². The zero-order valence-electron chi connectivity index (χ0n) is 18.0. The first kappa shape index (κ1) is 21.5. The van der Waals surface area contributed by atoms with Gasteiger partial charge in [-0.05, 0) is 72.7 Å². The van der Waals surface area contributed by atoms with E-state index in [4.69, 9.17) is 28.2 Å². The number of benzene rings is 2. The van der Waals surface area contributed by atoms with Crippen molar-refractivity contribution < 1.29 is 4.79 Å². The Morgan fingerprint density at radius 3 is 2.38 bits per heavy atom. The molecule has 1 saturated heterocycles. The summed E-state index contributed by atoms with van der Waals surface area (Å²) < 4.78 is 0. The maximum absolute atomic E-state index is 13.8. The summed E-state index contributed by atoms with van der Waals surface area (Å²) >= 11 is 12.6. The maximum atomic E-state index is 13.8. The van der Waals surface area contributed by atoms with Gasteiger partial charge in [-0.25, -0.2) is 0 Å². The summed E-state index contributed by atoms with van der Waals surface area (Å²) in [6.07, 6.45) is 4.85. The smallest absolute Gasteiger partial charge is 0.226 e. The lowest BCUT2D eigenvalue weighted by molar-refractivity contribution is -0.147. The second kappa shape index (κ2) is 8.88. The van der Waals surface area contributed by atoms with Crippen LogP contribution in [-0.4, -0.2) is 15.8 Å². The first-order valence-electron chi connectivity index (χ1n) is 11.3. The zero-order chi connectivity index (χ0) is 22.2. The van der Waals surface area contributed by atoms with E-state index in [9.17, 15) is 4.79 Å². The number of carbonyl (C=O) groups is 1. The van der Waals surface area contributed by atoms with Gasteiger partial charge < -0.3 is 4.90 Å². The van der Waals surface area contributed by atoms with Crippen LogP contribution in [-0.2, 0) is 4.79 Å². The Morgan fingerprint density at radius 1 is 0.938 bits per heavy atom. The molecule has 0 spiro atoms. The molecule has 3 aromatic rings. The number of halogens is 2. The van der Waals surface area contributed by atoms with Crippen LogP contribution in [0.4, 0.5) is 0 Å². The van der Waals surface area contributed by atoms with Crippen LogP contribution >= 0.6 is 23.2 Å². The molecule has 1 aliphatic carbocycles. The number of likely N-dealkylation sites (tertiary alicyclic amines) is 1. The maximum Gasteiger partial charge on any atom is 0.226 e. The quantitative estimate of drug-likeness (QED) is 0.398. The molecule has 1 amide bonds. The molecule has 1 aromatic heterocycles. The summed E-state index contributed by atoms with van der Waals surface area (Å²) in [6.45, 7) is 2.05. The number of piperidine rings is 1. The van der Waals surface area contributed by atoms with E-state index in [1.165, 1.54) is 0 Å². The molecule has 1 saturated carbocycles. The number of aromatic nitrogens is 1. The Morgan fingerprint density at radius 2 is 1.72 bits per heavy atom. The molecule has 2 aromatic carbocycles. The Hall–Kier alpha value is -2.36. The van der Waals surface area contributed by atoms with Crippen molar-refractivity contribution in [1.29, 1.82) is 0 Å². The van der Waals surface area contributed by atoms with Gasteiger partial charge in [0.1, 0.15) is 0 Å². The Balaban J connectivity index is 1.67. The summed E-state index contributed by atoms with van der Waals surface area (Å²) in [7, 11) is 0. The standard InChI is InChI=1S/C27H26Cl2N2O/c1-17-15-23(20-5-4-6-22(29)16-20)25(18-10-12-21(28)13-11-18)31(27(17)32)26(19-8-9-19)24-7-2-3-14-30-24/h2-7,10-14,16-17,19,23,25-26H,8-9,15H2,1H3/t17?,23-,25?,26?/m1/s1. The van der Waals surface area contributed by atoms with Gasteiger partial charge in [-0.1, -0.05) is 60.5 Å². The van der Waals surface area contributed by atoms with Crippen LogP contribution in [0.15, 0.2) is 72.9 Å². The van der Waals surface area contributed by atoms with E-state index in [0.29, 0.717) is 10.9 Å².